The summed E-state index contributed by atoms with van der Waals surface area (Å²) in [5, 5.41) is 4.57. The molecular formula is C33H34ClN7O. The zero-order valence-corrected chi connectivity index (χ0v) is 24.8. The number of benzene rings is 2. The number of hydrogen-bond acceptors (Lipinski definition) is 7. The van der Waals surface area contributed by atoms with Crippen LogP contribution in [0.4, 0.5) is 17.3 Å². The Balaban J connectivity index is 1.24. The van der Waals surface area contributed by atoms with Crippen LogP contribution in [0.3, 0.4) is 0 Å². The molecule has 6 rings (SSSR count). The van der Waals surface area contributed by atoms with Gasteiger partial charge in [-0.05, 0) is 68.8 Å². The molecule has 8 nitrogen and oxygen atoms in total. The fourth-order valence-corrected chi connectivity index (χ4v) is 5.82. The van der Waals surface area contributed by atoms with Crippen LogP contribution in [0.5, 0.6) is 0 Å². The minimum atomic E-state index is -0.146. The quantitative estimate of drug-likeness (QED) is 0.237. The van der Waals surface area contributed by atoms with Gasteiger partial charge in [-0.3, -0.25) is 19.2 Å². The maximum atomic E-state index is 13.6. The number of pyridine rings is 2. The van der Waals surface area contributed by atoms with Crippen LogP contribution in [0.2, 0.25) is 5.02 Å². The van der Waals surface area contributed by atoms with Crippen molar-refractivity contribution < 1.29 is 0 Å². The van der Waals surface area contributed by atoms with Crippen molar-refractivity contribution in [1.29, 1.82) is 0 Å². The molecule has 1 fully saturated rings. The summed E-state index contributed by atoms with van der Waals surface area (Å²) in [5.41, 5.74) is 5.62. The van der Waals surface area contributed by atoms with Crippen LogP contribution in [0.1, 0.15) is 20.8 Å². The van der Waals surface area contributed by atoms with Crippen LogP contribution in [0.15, 0.2) is 84.0 Å². The van der Waals surface area contributed by atoms with Gasteiger partial charge in [0.2, 0.25) is 5.95 Å². The topological polar surface area (TPSA) is 79.2 Å². The predicted octanol–water partition coefficient (Wildman–Crippen LogP) is 6.47. The molecule has 0 saturated carbocycles. The number of rotatable bonds is 7. The van der Waals surface area contributed by atoms with E-state index < -0.39 is 0 Å². The van der Waals surface area contributed by atoms with Gasteiger partial charge in [0.05, 0.1) is 0 Å². The van der Waals surface area contributed by atoms with Crippen LogP contribution >= 0.6 is 11.6 Å². The summed E-state index contributed by atoms with van der Waals surface area (Å²) in [6, 6.07) is 20.3. The van der Waals surface area contributed by atoms with Crippen LogP contribution < -0.4 is 15.8 Å². The van der Waals surface area contributed by atoms with E-state index in [1.807, 2.05) is 55.5 Å². The molecule has 2 aromatic carbocycles. The molecule has 3 aromatic heterocycles. The van der Waals surface area contributed by atoms with Gasteiger partial charge < -0.3 is 10.2 Å². The Labute approximate surface area is 250 Å². The Morgan fingerprint density at radius 1 is 0.929 bits per heavy atom. The van der Waals surface area contributed by atoms with E-state index in [0.29, 0.717) is 40.3 Å². The highest BCUT2D eigenvalue weighted by Crippen LogP contribution is 2.32. The number of hydrogen-bond donors (Lipinski definition) is 1. The summed E-state index contributed by atoms with van der Waals surface area (Å²) in [6.07, 6.45) is 5.27. The molecule has 0 spiro atoms. The fraction of sp³-hybridized carbons (Fsp3) is 0.273. The van der Waals surface area contributed by atoms with E-state index in [9.17, 15) is 4.79 Å². The van der Waals surface area contributed by atoms with Gasteiger partial charge >= 0.3 is 0 Å². The van der Waals surface area contributed by atoms with Crippen molar-refractivity contribution in [3.05, 3.63) is 94.6 Å². The Morgan fingerprint density at radius 3 is 2.38 bits per heavy atom. The van der Waals surface area contributed by atoms with Crippen molar-refractivity contribution >= 4 is 40.0 Å². The van der Waals surface area contributed by atoms with Crippen molar-refractivity contribution in [1.82, 2.24) is 24.4 Å². The van der Waals surface area contributed by atoms with Crippen LogP contribution in [0, 0.1) is 0 Å². The number of fused-ring (bicyclic) bond motifs is 1. The molecule has 42 heavy (non-hydrogen) atoms. The van der Waals surface area contributed by atoms with Gasteiger partial charge in [-0.25, -0.2) is 4.98 Å². The summed E-state index contributed by atoms with van der Waals surface area (Å²) in [7, 11) is 0. The smallest absolute Gasteiger partial charge is 0.260 e. The second kappa shape index (κ2) is 11.9. The standard InChI is InChI=1S/C33H34ClN7O/c1-4-41-31-25(18-29(32(41)42)28-12-7-23(19-30(28)34)24-6-5-13-35-20-24)21-36-33(38-31)37-26-8-10-27(11-9-26)40-16-14-39(15-17-40)22(2)3/h5-13,18-22H,4,14-17H2,1-3H3,(H,36,37,38). The van der Waals surface area contributed by atoms with Gasteiger partial charge in [0.1, 0.15) is 5.65 Å². The molecular weight excluding hydrogens is 546 g/mol. The molecule has 4 heterocycles. The fourth-order valence-electron chi connectivity index (χ4n) is 5.53. The monoisotopic (exact) mass is 579 g/mol. The Bertz CT molecular complexity index is 1760. The molecule has 0 amide bonds. The van der Waals surface area contributed by atoms with Crippen molar-refractivity contribution in [2.24, 2.45) is 0 Å². The second-order valence-corrected chi connectivity index (χ2v) is 11.2. The maximum absolute atomic E-state index is 13.6. The van der Waals surface area contributed by atoms with Gasteiger partial charge in [-0.1, -0.05) is 29.8 Å². The van der Waals surface area contributed by atoms with E-state index in [-0.39, 0.29) is 5.56 Å². The lowest BCUT2D eigenvalue weighted by Gasteiger charge is -2.38. The molecule has 0 bridgehead atoms. The van der Waals surface area contributed by atoms with E-state index in [0.717, 1.165) is 48.4 Å². The molecule has 0 unspecified atom stereocenters. The first-order chi connectivity index (χ1) is 20.4. The molecule has 214 valence electrons. The molecule has 0 radical (unpaired) electrons. The van der Waals surface area contributed by atoms with E-state index in [1.54, 1.807) is 23.2 Å². The SMILES string of the molecule is CCn1c(=O)c(-c2ccc(-c3cccnc3)cc2Cl)cc2cnc(Nc3ccc(N4CCN(C(C)C)CC4)cc3)nc21. The summed E-state index contributed by atoms with van der Waals surface area (Å²) >= 11 is 6.71. The normalized spacial score (nSPS) is 14.1. The number of aromatic nitrogens is 4. The lowest BCUT2D eigenvalue weighted by atomic mass is 10.0. The largest absolute Gasteiger partial charge is 0.369 e. The van der Waals surface area contributed by atoms with Crippen LogP contribution in [-0.4, -0.2) is 56.6 Å². The molecule has 0 aliphatic carbocycles. The minimum absolute atomic E-state index is 0.146. The summed E-state index contributed by atoms with van der Waals surface area (Å²) in [5.74, 6) is 0.439. The average Bonchev–Trinajstić information content (AvgIpc) is 3.02. The number of halogens is 1. The minimum Gasteiger partial charge on any atom is -0.369 e. The number of aryl methyl sites for hydroxylation is 1. The van der Waals surface area contributed by atoms with E-state index >= 15 is 0 Å². The third-order valence-electron chi connectivity index (χ3n) is 7.93. The molecule has 5 aromatic rings. The van der Waals surface area contributed by atoms with Gasteiger partial charge in [-0.15, -0.1) is 0 Å². The number of piperazine rings is 1. The first-order valence-electron chi connectivity index (χ1n) is 14.4. The van der Waals surface area contributed by atoms with Crippen molar-refractivity contribution in [3.63, 3.8) is 0 Å². The average molecular weight is 580 g/mol. The van der Waals surface area contributed by atoms with E-state index in [1.165, 1.54) is 5.69 Å². The number of anilines is 3. The molecule has 1 N–H and O–H groups in total. The highest BCUT2D eigenvalue weighted by Gasteiger charge is 2.19. The molecule has 1 aliphatic heterocycles. The lowest BCUT2D eigenvalue weighted by Crippen LogP contribution is -2.48. The van der Waals surface area contributed by atoms with Gasteiger partial charge in [0, 0.05) is 95.8 Å². The van der Waals surface area contributed by atoms with Crippen molar-refractivity contribution in [2.75, 3.05) is 36.4 Å². The highest BCUT2D eigenvalue weighted by atomic mass is 35.5. The van der Waals surface area contributed by atoms with Gasteiger partial charge in [-0.2, -0.15) is 4.98 Å². The number of nitrogens with one attached hydrogen (secondary N) is 1. The Kier molecular flexibility index (Phi) is 7.91. The van der Waals surface area contributed by atoms with Crippen LogP contribution in [-0.2, 0) is 6.54 Å². The zero-order valence-electron chi connectivity index (χ0n) is 24.1. The van der Waals surface area contributed by atoms with Crippen molar-refractivity contribution in [3.8, 4) is 22.3 Å². The van der Waals surface area contributed by atoms with Gasteiger partial charge in [0.25, 0.3) is 5.56 Å². The van der Waals surface area contributed by atoms with E-state index in [2.05, 4.69) is 51.1 Å². The third-order valence-corrected chi connectivity index (χ3v) is 8.24. The zero-order chi connectivity index (χ0) is 29.2. The molecule has 9 heteroatoms. The first kappa shape index (κ1) is 27.9. The predicted molar refractivity (Wildman–Crippen MR) is 172 cm³/mol. The lowest BCUT2D eigenvalue weighted by molar-refractivity contribution is 0.209. The molecule has 1 saturated heterocycles. The Hall–Kier alpha value is -4.27. The second-order valence-electron chi connectivity index (χ2n) is 10.8. The first-order valence-corrected chi connectivity index (χ1v) is 14.8. The van der Waals surface area contributed by atoms with Crippen LogP contribution in [0.25, 0.3) is 33.3 Å². The van der Waals surface area contributed by atoms with Gasteiger partial charge in [0.15, 0.2) is 0 Å². The highest BCUT2D eigenvalue weighted by molar-refractivity contribution is 6.33. The Morgan fingerprint density at radius 2 is 1.71 bits per heavy atom. The molecule has 1 aliphatic rings. The van der Waals surface area contributed by atoms with E-state index in [4.69, 9.17) is 16.6 Å². The third kappa shape index (κ3) is 5.60. The maximum Gasteiger partial charge on any atom is 0.260 e. The summed E-state index contributed by atoms with van der Waals surface area (Å²) in [4.78, 5) is 32.1. The summed E-state index contributed by atoms with van der Waals surface area (Å²) < 4.78 is 1.67. The molecule has 0 atom stereocenters. The number of nitrogens with zero attached hydrogens (tertiary/aromatic N) is 6. The summed E-state index contributed by atoms with van der Waals surface area (Å²) in [6.45, 7) is 11.1. The van der Waals surface area contributed by atoms with Crippen molar-refractivity contribution in [2.45, 2.75) is 33.4 Å².